The number of alkyl halides is 3. The Balaban J connectivity index is 1.80. The SMILES string of the molecule is CC1(O)CC(Nc2nnc(-c3ncc(C(F)(F)F)cc3O)c3c(F)cccc23)C1. The van der Waals surface area contributed by atoms with Crippen molar-refractivity contribution in [2.45, 2.75) is 37.6 Å². The summed E-state index contributed by atoms with van der Waals surface area (Å²) in [4.78, 5) is 3.65. The van der Waals surface area contributed by atoms with Crippen LogP contribution in [-0.4, -0.2) is 37.0 Å². The molecule has 1 saturated carbocycles. The van der Waals surface area contributed by atoms with Crippen LogP contribution in [0.5, 0.6) is 5.75 Å². The standard InChI is InChI=1S/C19H16F4N4O2/c1-18(29)6-10(7-18)25-17-11-3-2-4-12(20)14(11)16(26-27-17)15-13(28)5-9(8-24-15)19(21,22)23/h2-5,8,10,28-29H,6-7H2,1H3,(H,25,27). The van der Waals surface area contributed by atoms with Gasteiger partial charge in [0.2, 0.25) is 0 Å². The van der Waals surface area contributed by atoms with Gasteiger partial charge in [-0.25, -0.2) is 9.37 Å². The van der Waals surface area contributed by atoms with Crippen molar-refractivity contribution in [3.05, 3.63) is 41.8 Å². The number of aromatic hydroxyl groups is 1. The van der Waals surface area contributed by atoms with Gasteiger partial charge in [0.05, 0.1) is 16.6 Å². The first-order valence-corrected chi connectivity index (χ1v) is 8.75. The van der Waals surface area contributed by atoms with Crippen LogP contribution in [-0.2, 0) is 6.18 Å². The lowest BCUT2D eigenvalue weighted by atomic mass is 9.77. The quantitative estimate of drug-likeness (QED) is 0.570. The van der Waals surface area contributed by atoms with Crippen LogP contribution in [0.2, 0.25) is 0 Å². The number of aromatic nitrogens is 3. The predicted octanol–water partition coefficient (Wildman–Crippen LogP) is 3.88. The molecule has 1 aromatic carbocycles. The average Bonchev–Trinajstić information content (AvgIpc) is 2.60. The van der Waals surface area contributed by atoms with E-state index >= 15 is 0 Å². The monoisotopic (exact) mass is 408 g/mol. The molecule has 0 bridgehead atoms. The molecule has 0 spiro atoms. The van der Waals surface area contributed by atoms with Crippen molar-refractivity contribution in [1.29, 1.82) is 0 Å². The number of fused-ring (bicyclic) bond motifs is 1. The van der Waals surface area contributed by atoms with Crippen molar-refractivity contribution in [3.63, 3.8) is 0 Å². The van der Waals surface area contributed by atoms with E-state index in [0.29, 0.717) is 30.5 Å². The van der Waals surface area contributed by atoms with Crippen LogP contribution >= 0.6 is 0 Å². The first-order chi connectivity index (χ1) is 13.5. The number of halogens is 4. The van der Waals surface area contributed by atoms with Crippen LogP contribution in [0.15, 0.2) is 30.5 Å². The van der Waals surface area contributed by atoms with Crippen molar-refractivity contribution in [1.82, 2.24) is 15.2 Å². The molecule has 0 aliphatic heterocycles. The largest absolute Gasteiger partial charge is 0.506 e. The summed E-state index contributed by atoms with van der Waals surface area (Å²) in [6.07, 6.45) is -3.17. The summed E-state index contributed by atoms with van der Waals surface area (Å²) in [6, 6.07) is 4.66. The first-order valence-electron chi connectivity index (χ1n) is 8.75. The molecule has 0 unspecified atom stereocenters. The van der Waals surface area contributed by atoms with Crippen molar-refractivity contribution in [2.24, 2.45) is 0 Å². The number of hydrogen-bond acceptors (Lipinski definition) is 6. The smallest absolute Gasteiger partial charge is 0.418 e. The Hall–Kier alpha value is -3.01. The lowest BCUT2D eigenvalue weighted by molar-refractivity contribution is -0.137. The lowest BCUT2D eigenvalue weighted by Crippen LogP contribution is -2.48. The van der Waals surface area contributed by atoms with Crippen molar-refractivity contribution in [3.8, 4) is 17.1 Å². The Morgan fingerprint density at radius 2 is 1.90 bits per heavy atom. The second kappa shape index (κ2) is 6.51. The number of nitrogens with one attached hydrogen (secondary N) is 1. The van der Waals surface area contributed by atoms with E-state index < -0.39 is 28.9 Å². The Labute approximate surface area is 162 Å². The van der Waals surface area contributed by atoms with E-state index in [0.717, 1.165) is 0 Å². The third-order valence-electron chi connectivity index (χ3n) is 4.89. The summed E-state index contributed by atoms with van der Waals surface area (Å²) < 4.78 is 53.1. The Bertz CT molecular complexity index is 1090. The van der Waals surface area contributed by atoms with Gasteiger partial charge in [-0.1, -0.05) is 12.1 Å². The molecule has 3 aromatic rings. The summed E-state index contributed by atoms with van der Waals surface area (Å²) in [5.74, 6) is -1.19. The number of hydrogen-bond donors (Lipinski definition) is 3. The van der Waals surface area contributed by atoms with Crippen molar-refractivity contribution in [2.75, 3.05) is 5.32 Å². The summed E-state index contributed by atoms with van der Waals surface area (Å²) in [6.45, 7) is 1.71. The van der Waals surface area contributed by atoms with Crippen LogP contribution in [0.1, 0.15) is 25.3 Å². The van der Waals surface area contributed by atoms with Gasteiger partial charge in [-0.05, 0) is 31.9 Å². The molecule has 29 heavy (non-hydrogen) atoms. The molecule has 1 aliphatic carbocycles. The second-order valence-corrected chi connectivity index (χ2v) is 7.40. The van der Waals surface area contributed by atoms with Gasteiger partial charge in [0.15, 0.2) is 5.82 Å². The van der Waals surface area contributed by atoms with Gasteiger partial charge >= 0.3 is 6.18 Å². The van der Waals surface area contributed by atoms with E-state index in [9.17, 15) is 27.8 Å². The third-order valence-corrected chi connectivity index (χ3v) is 4.89. The topological polar surface area (TPSA) is 91.2 Å². The minimum absolute atomic E-state index is 0.0290. The minimum Gasteiger partial charge on any atom is -0.506 e. The molecule has 3 N–H and O–H groups in total. The van der Waals surface area contributed by atoms with E-state index in [-0.39, 0.29) is 28.6 Å². The molecular weight excluding hydrogens is 392 g/mol. The van der Waals surface area contributed by atoms with Crippen LogP contribution in [0, 0.1) is 5.82 Å². The highest BCUT2D eigenvalue weighted by Gasteiger charge is 2.39. The van der Waals surface area contributed by atoms with Crippen LogP contribution in [0.4, 0.5) is 23.4 Å². The summed E-state index contributed by atoms with van der Waals surface area (Å²) in [5.41, 5.74) is -2.39. The molecular formula is C19H16F4N4O2. The predicted molar refractivity (Wildman–Crippen MR) is 96.7 cm³/mol. The molecule has 1 fully saturated rings. The maximum Gasteiger partial charge on any atom is 0.418 e. The Morgan fingerprint density at radius 1 is 1.17 bits per heavy atom. The number of pyridine rings is 1. The lowest BCUT2D eigenvalue weighted by Gasteiger charge is -2.41. The normalized spacial score (nSPS) is 21.8. The summed E-state index contributed by atoms with van der Waals surface area (Å²) in [7, 11) is 0. The molecule has 0 atom stereocenters. The molecule has 1 aliphatic rings. The van der Waals surface area contributed by atoms with Gasteiger partial charge in [0.25, 0.3) is 0 Å². The van der Waals surface area contributed by atoms with E-state index in [1.54, 1.807) is 13.0 Å². The van der Waals surface area contributed by atoms with Crippen molar-refractivity contribution < 1.29 is 27.8 Å². The first kappa shape index (κ1) is 19.3. The molecule has 2 heterocycles. The maximum absolute atomic E-state index is 14.6. The van der Waals surface area contributed by atoms with Gasteiger partial charge in [-0.15, -0.1) is 10.2 Å². The average molecular weight is 408 g/mol. The molecule has 0 amide bonds. The highest BCUT2D eigenvalue weighted by Crippen LogP contribution is 2.39. The number of rotatable bonds is 3. The zero-order valence-electron chi connectivity index (χ0n) is 15.1. The van der Waals surface area contributed by atoms with Gasteiger partial charge in [-0.2, -0.15) is 13.2 Å². The van der Waals surface area contributed by atoms with Crippen LogP contribution in [0.25, 0.3) is 22.2 Å². The molecule has 2 aromatic heterocycles. The van der Waals surface area contributed by atoms with E-state index in [1.807, 2.05) is 0 Å². The zero-order chi connectivity index (χ0) is 21.0. The maximum atomic E-state index is 14.6. The second-order valence-electron chi connectivity index (χ2n) is 7.40. The fourth-order valence-electron chi connectivity index (χ4n) is 3.53. The molecule has 0 saturated heterocycles. The van der Waals surface area contributed by atoms with Gasteiger partial charge in [0.1, 0.15) is 23.0 Å². The fourth-order valence-corrected chi connectivity index (χ4v) is 3.53. The molecule has 0 radical (unpaired) electrons. The third kappa shape index (κ3) is 3.55. The van der Waals surface area contributed by atoms with Crippen LogP contribution < -0.4 is 5.32 Å². The number of nitrogens with zero attached hydrogens (tertiary/aromatic N) is 3. The highest BCUT2D eigenvalue weighted by molar-refractivity contribution is 6.00. The zero-order valence-corrected chi connectivity index (χ0v) is 15.1. The minimum atomic E-state index is -4.68. The molecule has 152 valence electrons. The van der Waals surface area contributed by atoms with Crippen LogP contribution in [0.3, 0.4) is 0 Å². The van der Waals surface area contributed by atoms with E-state index in [1.165, 1.54) is 12.1 Å². The molecule has 10 heteroatoms. The van der Waals surface area contributed by atoms with E-state index in [2.05, 4.69) is 20.5 Å². The highest BCUT2D eigenvalue weighted by atomic mass is 19.4. The number of aliphatic hydroxyl groups is 1. The van der Waals surface area contributed by atoms with Gasteiger partial charge in [0, 0.05) is 17.6 Å². The fraction of sp³-hybridized carbons (Fsp3) is 0.316. The Kier molecular flexibility index (Phi) is 4.34. The summed E-state index contributed by atoms with van der Waals surface area (Å²) >= 11 is 0. The van der Waals surface area contributed by atoms with Gasteiger partial charge in [-0.3, -0.25) is 0 Å². The molecule has 6 nitrogen and oxygen atoms in total. The molecule has 4 rings (SSSR count). The van der Waals surface area contributed by atoms with Crippen molar-refractivity contribution >= 4 is 16.6 Å². The number of anilines is 1. The summed E-state index contributed by atoms with van der Waals surface area (Å²) in [5, 5.41) is 31.3. The number of benzene rings is 1. The van der Waals surface area contributed by atoms with Gasteiger partial charge < -0.3 is 15.5 Å². The van der Waals surface area contributed by atoms with E-state index in [4.69, 9.17) is 0 Å². The Morgan fingerprint density at radius 3 is 2.52 bits per heavy atom.